The van der Waals surface area contributed by atoms with Crippen molar-refractivity contribution in [3.8, 4) is 11.5 Å². The maximum atomic E-state index is 14.6. The van der Waals surface area contributed by atoms with Crippen LogP contribution in [0.2, 0.25) is 0 Å². The summed E-state index contributed by atoms with van der Waals surface area (Å²) in [6.45, 7) is 2.58. The first kappa shape index (κ1) is 25.9. The first-order valence-electron chi connectivity index (χ1n) is 10.7. The van der Waals surface area contributed by atoms with E-state index in [9.17, 15) is 30.7 Å². The standard InChI is InChI=1S/C24H23F7O3/c1-2-3-14-4-7-21(33-13-14)15-5-6-17(18(25)10-15)24(30,31)34-16-11-19(26)23(20(27)12-16)32-9-8-22(28)29/h5-6,8-12,14,21-22H,2-4,7,13H2,1H3/b9-8+. The molecule has 0 saturated carbocycles. The Kier molecular flexibility index (Phi) is 8.46. The average molecular weight is 492 g/mol. The number of benzene rings is 2. The Hall–Kier alpha value is -2.75. The Balaban J connectivity index is 1.72. The number of alkyl halides is 4. The van der Waals surface area contributed by atoms with Gasteiger partial charge in [-0.3, -0.25) is 0 Å². The van der Waals surface area contributed by atoms with E-state index in [1.165, 1.54) is 6.07 Å². The van der Waals surface area contributed by atoms with Gasteiger partial charge in [0.1, 0.15) is 11.6 Å². The van der Waals surface area contributed by atoms with E-state index in [4.69, 9.17) is 4.74 Å². The minimum atomic E-state index is -4.26. The molecule has 0 spiro atoms. The molecule has 2 aromatic carbocycles. The highest BCUT2D eigenvalue weighted by molar-refractivity contribution is 5.36. The zero-order valence-electron chi connectivity index (χ0n) is 18.2. The van der Waals surface area contributed by atoms with Crippen molar-refractivity contribution in [1.29, 1.82) is 0 Å². The molecule has 2 atom stereocenters. The first-order valence-corrected chi connectivity index (χ1v) is 10.7. The predicted octanol–water partition coefficient (Wildman–Crippen LogP) is 7.66. The van der Waals surface area contributed by atoms with Gasteiger partial charge in [-0.2, -0.15) is 8.78 Å². The Morgan fingerprint density at radius 1 is 1.06 bits per heavy atom. The highest BCUT2D eigenvalue weighted by Crippen LogP contribution is 2.38. The summed E-state index contributed by atoms with van der Waals surface area (Å²) in [4.78, 5) is 0. The molecule has 1 aliphatic rings. The van der Waals surface area contributed by atoms with E-state index in [2.05, 4.69) is 16.4 Å². The van der Waals surface area contributed by atoms with Crippen molar-refractivity contribution in [2.45, 2.75) is 51.2 Å². The zero-order valence-corrected chi connectivity index (χ0v) is 18.2. The van der Waals surface area contributed by atoms with Crippen LogP contribution in [0.25, 0.3) is 0 Å². The first-order chi connectivity index (χ1) is 16.1. The molecule has 1 fully saturated rings. The van der Waals surface area contributed by atoms with Crippen molar-refractivity contribution in [2.24, 2.45) is 5.92 Å². The van der Waals surface area contributed by atoms with E-state index in [0.717, 1.165) is 31.4 Å². The molecule has 0 aromatic heterocycles. The van der Waals surface area contributed by atoms with Crippen molar-refractivity contribution in [2.75, 3.05) is 6.61 Å². The third-order valence-electron chi connectivity index (χ3n) is 5.37. The van der Waals surface area contributed by atoms with Gasteiger partial charge in [0, 0.05) is 18.2 Å². The molecule has 3 rings (SSSR count). The lowest BCUT2D eigenvalue weighted by atomic mass is 9.91. The van der Waals surface area contributed by atoms with Gasteiger partial charge >= 0.3 is 6.11 Å². The summed E-state index contributed by atoms with van der Waals surface area (Å²) in [5.74, 6) is -5.84. The van der Waals surface area contributed by atoms with Crippen molar-refractivity contribution in [3.63, 3.8) is 0 Å². The van der Waals surface area contributed by atoms with E-state index in [1.807, 2.05) is 0 Å². The summed E-state index contributed by atoms with van der Waals surface area (Å²) in [6.07, 6.45) is -3.45. The van der Waals surface area contributed by atoms with Crippen LogP contribution in [0.4, 0.5) is 30.7 Å². The second-order valence-corrected chi connectivity index (χ2v) is 7.91. The number of rotatable bonds is 9. The van der Waals surface area contributed by atoms with Crippen LogP contribution in [-0.2, 0) is 10.8 Å². The molecular formula is C24H23F7O3. The molecule has 0 amide bonds. The molecule has 0 bridgehead atoms. The number of halogens is 7. The Labute approximate surface area is 192 Å². The molecule has 0 N–H and O–H groups in total. The van der Waals surface area contributed by atoms with E-state index in [1.54, 1.807) is 0 Å². The van der Waals surface area contributed by atoms with Gasteiger partial charge in [-0.1, -0.05) is 19.4 Å². The second-order valence-electron chi connectivity index (χ2n) is 7.91. The minimum Gasteiger partial charge on any atom is -0.459 e. The molecule has 0 radical (unpaired) electrons. The van der Waals surface area contributed by atoms with Crippen LogP contribution in [0.1, 0.15) is 49.8 Å². The summed E-state index contributed by atoms with van der Waals surface area (Å²) in [6, 6.07) is 3.82. The molecule has 1 heterocycles. The molecule has 2 aromatic rings. The van der Waals surface area contributed by atoms with Crippen molar-refractivity contribution in [3.05, 3.63) is 71.2 Å². The fraction of sp³-hybridized carbons (Fsp3) is 0.417. The monoisotopic (exact) mass is 492 g/mol. The highest BCUT2D eigenvalue weighted by Gasteiger charge is 2.38. The summed E-state index contributed by atoms with van der Waals surface area (Å²) < 4.78 is 111. The van der Waals surface area contributed by atoms with Crippen molar-refractivity contribution < 1.29 is 44.9 Å². The van der Waals surface area contributed by atoms with E-state index in [-0.39, 0.29) is 6.08 Å². The molecule has 3 nitrogen and oxygen atoms in total. The number of hydrogen-bond acceptors (Lipinski definition) is 3. The highest BCUT2D eigenvalue weighted by atomic mass is 19.3. The Morgan fingerprint density at radius 3 is 2.32 bits per heavy atom. The SMILES string of the molecule is CCCC1CCC(c2ccc(C(F)(F)Oc3cc(F)c(O/C=C/C(F)F)c(F)c3)c(F)c2)OC1. The van der Waals surface area contributed by atoms with Crippen LogP contribution in [0.3, 0.4) is 0 Å². The number of ether oxygens (including phenoxy) is 3. The third-order valence-corrected chi connectivity index (χ3v) is 5.37. The molecule has 0 aliphatic carbocycles. The van der Waals surface area contributed by atoms with Crippen LogP contribution in [-0.4, -0.2) is 13.0 Å². The number of hydrogen-bond donors (Lipinski definition) is 0. The topological polar surface area (TPSA) is 27.7 Å². The lowest BCUT2D eigenvalue weighted by molar-refractivity contribution is -0.187. The second kappa shape index (κ2) is 11.1. The van der Waals surface area contributed by atoms with E-state index >= 15 is 0 Å². The summed E-state index contributed by atoms with van der Waals surface area (Å²) in [5.41, 5.74) is -0.723. The lowest BCUT2D eigenvalue weighted by Gasteiger charge is -2.29. The van der Waals surface area contributed by atoms with Gasteiger partial charge in [0.25, 0.3) is 6.43 Å². The van der Waals surface area contributed by atoms with Gasteiger partial charge in [0.15, 0.2) is 17.4 Å². The molecule has 2 unspecified atom stereocenters. The predicted molar refractivity (Wildman–Crippen MR) is 109 cm³/mol. The van der Waals surface area contributed by atoms with Crippen molar-refractivity contribution >= 4 is 0 Å². The molecule has 10 heteroatoms. The van der Waals surface area contributed by atoms with Gasteiger partial charge in [-0.15, -0.1) is 0 Å². The number of allylic oxidation sites excluding steroid dienone is 1. The fourth-order valence-corrected chi connectivity index (χ4v) is 3.75. The van der Waals surface area contributed by atoms with E-state index in [0.29, 0.717) is 42.9 Å². The summed E-state index contributed by atoms with van der Waals surface area (Å²) in [7, 11) is 0. The Morgan fingerprint density at radius 2 is 1.76 bits per heavy atom. The lowest BCUT2D eigenvalue weighted by Crippen LogP contribution is -2.24. The van der Waals surface area contributed by atoms with Crippen molar-refractivity contribution in [1.82, 2.24) is 0 Å². The quantitative estimate of drug-likeness (QED) is 0.266. The molecular weight excluding hydrogens is 469 g/mol. The molecule has 1 aliphatic heterocycles. The normalized spacial score (nSPS) is 19.1. The maximum absolute atomic E-state index is 14.6. The Bertz CT molecular complexity index is 979. The van der Waals surface area contributed by atoms with Gasteiger partial charge in [-0.05, 0) is 42.9 Å². The van der Waals surface area contributed by atoms with Gasteiger partial charge in [0.2, 0.25) is 0 Å². The zero-order chi connectivity index (χ0) is 24.9. The van der Waals surface area contributed by atoms with E-state index < -0.39 is 53.2 Å². The summed E-state index contributed by atoms with van der Waals surface area (Å²) >= 11 is 0. The average Bonchev–Trinajstić information content (AvgIpc) is 2.75. The van der Waals surface area contributed by atoms with Crippen LogP contribution in [0, 0.1) is 23.4 Å². The van der Waals surface area contributed by atoms with Gasteiger partial charge in [-0.25, -0.2) is 22.0 Å². The largest absolute Gasteiger partial charge is 0.459 e. The summed E-state index contributed by atoms with van der Waals surface area (Å²) in [5, 5.41) is 0. The van der Waals surface area contributed by atoms with Crippen LogP contribution >= 0.6 is 0 Å². The third kappa shape index (κ3) is 6.43. The smallest absolute Gasteiger partial charge is 0.429 e. The molecule has 34 heavy (non-hydrogen) atoms. The van der Waals surface area contributed by atoms with Crippen LogP contribution < -0.4 is 9.47 Å². The van der Waals surface area contributed by atoms with Gasteiger partial charge < -0.3 is 14.2 Å². The maximum Gasteiger partial charge on any atom is 0.429 e. The minimum absolute atomic E-state index is 0.228. The van der Waals surface area contributed by atoms with Crippen LogP contribution in [0.5, 0.6) is 11.5 Å². The van der Waals surface area contributed by atoms with Gasteiger partial charge in [0.05, 0.1) is 24.5 Å². The fourth-order valence-electron chi connectivity index (χ4n) is 3.75. The molecule has 186 valence electrons. The molecule has 1 saturated heterocycles. The van der Waals surface area contributed by atoms with Crippen LogP contribution in [0.15, 0.2) is 42.7 Å².